The molecule has 1 aliphatic heterocycles. The molecular formula is C22H23N3O4. The molecule has 0 saturated carbocycles. The van der Waals surface area contributed by atoms with Crippen LogP contribution in [0.15, 0.2) is 42.5 Å². The summed E-state index contributed by atoms with van der Waals surface area (Å²) in [5, 5.41) is 14.5. The number of hydrogen-bond acceptors (Lipinski definition) is 5. The molecule has 0 aliphatic carbocycles. The zero-order valence-corrected chi connectivity index (χ0v) is 16.5. The van der Waals surface area contributed by atoms with Crippen molar-refractivity contribution in [2.24, 2.45) is 5.41 Å². The van der Waals surface area contributed by atoms with E-state index in [1.807, 2.05) is 38.1 Å². The van der Waals surface area contributed by atoms with Crippen LogP contribution in [-0.4, -0.2) is 18.6 Å². The molecule has 0 saturated heterocycles. The first kappa shape index (κ1) is 20.2. The molecule has 0 radical (unpaired) electrons. The molecule has 150 valence electrons. The second-order valence-corrected chi connectivity index (χ2v) is 7.72. The Morgan fingerprint density at radius 2 is 1.72 bits per heavy atom. The molecular weight excluding hydrogens is 370 g/mol. The molecule has 2 N–H and O–H groups in total. The van der Waals surface area contributed by atoms with Crippen molar-refractivity contribution in [3.8, 4) is 17.6 Å². The first-order valence-electron chi connectivity index (χ1n) is 9.30. The summed E-state index contributed by atoms with van der Waals surface area (Å²) in [6, 6.07) is 14.2. The molecule has 7 nitrogen and oxygen atoms in total. The summed E-state index contributed by atoms with van der Waals surface area (Å²) in [4.78, 5) is 24.7. The van der Waals surface area contributed by atoms with Crippen molar-refractivity contribution in [2.75, 3.05) is 12.1 Å². The van der Waals surface area contributed by atoms with Gasteiger partial charge in [0.15, 0.2) is 11.5 Å². The number of nitrogens with zero attached hydrogens (tertiary/aromatic N) is 1. The number of ether oxygens (including phenoxy) is 2. The van der Waals surface area contributed by atoms with E-state index in [0.717, 1.165) is 5.56 Å². The second-order valence-electron chi connectivity index (χ2n) is 7.72. The number of hydrogen-bond donors (Lipinski definition) is 2. The normalized spacial score (nSPS) is 12.2. The lowest BCUT2D eigenvalue weighted by atomic mass is 9.85. The number of anilines is 1. The van der Waals surface area contributed by atoms with Crippen LogP contribution in [0.3, 0.4) is 0 Å². The van der Waals surface area contributed by atoms with Crippen LogP contribution in [0.1, 0.15) is 37.8 Å². The molecule has 7 heteroatoms. The molecule has 0 fully saturated rings. The van der Waals surface area contributed by atoms with Gasteiger partial charge >= 0.3 is 0 Å². The largest absolute Gasteiger partial charge is 0.454 e. The van der Waals surface area contributed by atoms with Crippen molar-refractivity contribution < 1.29 is 19.1 Å². The summed E-state index contributed by atoms with van der Waals surface area (Å²) in [5.74, 6) is 1.08. The number of carbonyl (C=O) groups is 2. The average molecular weight is 393 g/mol. The third-order valence-corrected chi connectivity index (χ3v) is 4.50. The fourth-order valence-corrected chi connectivity index (χ4v) is 3.08. The van der Waals surface area contributed by atoms with E-state index >= 15 is 0 Å². The van der Waals surface area contributed by atoms with Crippen molar-refractivity contribution >= 4 is 17.5 Å². The Balaban J connectivity index is 1.46. The average Bonchev–Trinajstić information content (AvgIpc) is 3.14. The summed E-state index contributed by atoms with van der Waals surface area (Å²) in [7, 11) is 0. The smallest absolute Gasteiger partial charge is 0.231 e. The molecule has 0 aromatic heterocycles. The number of nitrogens with one attached hydrogen (secondary N) is 2. The number of rotatable bonds is 7. The van der Waals surface area contributed by atoms with Gasteiger partial charge in [0, 0.05) is 25.1 Å². The Hall–Kier alpha value is -3.53. The highest BCUT2D eigenvalue weighted by atomic mass is 16.7. The fraction of sp³-hybridized carbons (Fsp3) is 0.318. The second kappa shape index (κ2) is 8.65. The minimum atomic E-state index is -0.504. The van der Waals surface area contributed by atoms with Gasteiger partial charge in [-0.15, -0.1) is 0 Å². The van der Waals surface area contributed by atoms with E-state index in [2.05, 4.69) is 10.6 Å². The predicted molar refractivity (Wildman–Crippen MR) is 107 cm³/mol. The molecule has 2 aromatic carbocycles. The van der Waals surface area contributed by atoms with Gasteiger partial charge in [-0.05, 0) is 47.4 Å². The van der Waals surface area contributed by atoms with E-state index < -0.39 is 5.41 Å². The molecule has 1 heterocycles. The Morgan fingerprint density at radius 3 is 2.45 bits per heavy atom. The van der Waals surface area contributed by atoms with Crippen LogP contribution in [0.25, 0.3) is 0 Å². The van der Waals surface area contributed by atoms with Crippen LogP contribution >= 0.6 is 0 Å². The zero-order chi connectivity index (χ0) is 20.9. The molecule has 2 aromatic rings. The van der Waals surface area contributed by atoms with Crippen molar-refractivity contribution in [1.29, 1.82) is 5.26 Å². The highest BCUT2D eigenvalue weighted by Crippen LogP contribution is 2.32. The van der Waals surface area contributed by atoms with Crippen molar-refractivity contribution in [1.82, 2.24) is 5.32 Å². The van der Waals surface area contributed by atoms with Crippen LogP contribution in [0.2, 0.25) is 0 Å². The Morgan fingerprint density at radius 1 is 1.03 bits per heavy atom. The lowest BCUT2D eigenvalue weighted by Gasteiger charge is -2.23. The molecule has 2 amide bonds. The van der Waals surface area contributed by atoms with Crippen molar-refractivity contribution in [3.05, 3.63) is 53.6 Å². The first-order valence-corrected chi connectivity index (χ1v) is 9.30. The van der Waals surface area contributed by atoms with Gasteiger partial charge in [-0.2, -0.15) is 5.26 Å². The van der Waals surface area contributed by atoms with E-state index in [1.54, 1.807) is 24.3 Å². The van der Waals surface area contributed by atoms with Gasteiger partial charge in [0.05, 0.1) is 11.6 Å². The zero-order valence-electron chi connectivity index (χ0n) is 16.5. The maximum absolute atomic E-state index is 12.3. The van der Waals surface area contributed by atoms with Gasteiger partial charge in [-0.1, -0.05) is 19.9 Å². The molecule has 0 spiro atoms. The molecule has 3 rings (SSSR count). The summed E-state index contributed by atoms with van der Waals surface area (Å²) in [5.41, 5.74) is 1.56. The number of nitriles is 1. The number of carbonyl (C=O) groups excluding carboxylic acids is 2. The van der Waals surface area contributed by atoms with Crippen LogP contribution in [0.4, 0.5) is 5.69 Å². The quantitative estimate of drug-likeness (QED) is 0.751. The lowest BCUT2D eigenvalue weighted by molar-refractivity contribution is -0.124. The van der Waals surface area contributed by atoms with Crippen LogP contribution < -0.4 is 20.1 Å². The van der Waals surface area contributed by atoms with Crippen molar-refractivity contribution in [2.45, 2.75) is 33.2 Å². The molecule has 1 aliphatic rings. The molecule has 0 unspecified atom stereocenters. The van der Waals surface area contributed by atoms with Gasteiger partial charge in [0.2, 0.25) is 18.6 Å². The van der Waals surface area contributed by atoms with Crippen LogP contribution in [0, 0.1) is 16.7 Å². The highest BCUT2D eigenvalue weighted by Gasteiger charge is 2.25. The summed E-state index contributed by atoms with van der Waals surface area (Å²) < 4.78 is 10.6. The van der Waals surface area contributed by atoms with E-state index in [0.29, 0.717) is 29.3 Å². The number of benzene rings is 2. The van der Waals surface area contributed by atoms with Gasteiger partial charge in [0.25, 0.3) is 0 Å². The minimum Gasteiger partial charge on any atom is -0.454 e. The Kier molecular flexibility index (Phi) is 6.03. The van der Waals surface area contributed by atoms with Gasteiger partial charge in [0.1, 0.15) is 0 Å². The third-order valence-electron chi connectivity index (χ3n) is 4.50. The number of amides is 2. The molecule has 29 heavy (non-hydrogen) atoms. The third kappa shape index (κ3) is 5.72. The fourth-order valence-electron chi connectivity index (χ4n) is 3.08. The van der Waals surface area contributed by atoms with E-state index in [1.165, 1.54) is 0 Å². The Bertz CT molecular complexity index is 946. The summed E-state index contributed by atoms with van der Waals surface area (Å²) in [6.07, 6.45) is 0.419. The van der Waals surface area contributed by atoms with E-state index in [9.17, 15) is 9.59 Å². The standard InChI is InChI=1S/C22H23N3O4/c1-22(2,11-21(27)25-17-6-3-15(12-23)4-7-17)10-20(26)24-13-16-5-8-18-19(9-16)29-14-28-18/h3-9H,10-11,13-14H2,1-2H3,(H,24,26)(H,25,27). The maximum atomic E-state index is 12.3. The lowest BCUT2D eigenvalue weighted by Crippen LogP contribution is -2.31. The van der Waals surface area contributed by atoms with Gasteiger partial charge in [-0.25, -0.2) is 0 Å². The van der Waals surface area contributed by atoms with E-state index in [4.69, 9.17) is 14.7 Å². The number of fused-ring (bicyclic) bond motifs is 1. The predicted octanol–water partition coefficient (Wildman–Crippen LogP) is 3.35. The van der Waals surface area contributed by atoms with E-state index in [-0.39, 0.29) is 31.4 Å². The summed E-state index contributed by atoms with van der Waals surface area (Å²) in [6.45, 7) is 4.35. The topological polar surface area (TPSA) is 100 Å². The van der Waals surface area contributed by atoms with Crippen molar-refractivity contribution in [3.63, 3.8) is 0 Å². The van der Waals surface area contributed by atoms with Gasteiger partial charge < -0.3 is 20.1 Å². The van der Waals surface area contributed by atoms with Crippen LogP contribution in [0.5, 0.6) is 11.5 Å². The Labute approximate surface area is 169 Å². The highest BCUT2D eigenvalue weighted by molar-refractivity contribution is 5.91. The first-order chi connectivity index (χ1) is 13.8. The van der Waals surface area contributed by atoms with Crippen LogP contribution in [-0.2, 0) is 16.1 Å². The monoisotopic (exact) mass is 393 g/mol. The molecule has 0 atom stereocenters. The SMILES string of the molecule is CC(C)(CC(=O)NCc1ccc2c(c1)OCO2)CC(=O)Nc1ccc(C#N)cc1. The molecule has 0 bridgehead atoms. The minimum absolute atomic E-state index is 0.126. The maximum Gasteiger partial charge on any atom is 0.231 e. The summed E-state index contributed by atoms with van der Waals surface area (Å²) >= 11 is 0. The van der Waals surface area contributed by atoms with Gasteiger partial charge in [-0.3, -0.25) is 9.59 Å².